The van der Waals surface area contributed by atoms with Gasteiger partial charge in [-0.2, -0.15) is 0 Å². The van der Waals surface area contributed by atoms with Crippen LogP contribution in [0, 0.1) is 0 Å². The fourth-order valence-corrected chi connectivity index (χ4v) is 2.76. The van der Waals surface area contributed by atoms with Gasteiger partial charge in [0.2, 0.25) is 0 Å². The third-order valence-electron chi connectivity index (χ3n) is 3.97. The Labute approximate surface area is 127 Å². The van der Waals surface area contributed by atoms with E-state index in [-0.39, 0.29) is 30.3 Å². The van der Waals surface area contributed by atoms with E-state index in [1.165, 1.54) is 17.1 Å². The van der Waals surface area contributed by atoms with Crippen LogP contribution >= 0.6 is 0 Å². The third-order valence-corrected chi connectivity index (χ3v) is 3.97. The van der Waals surface area contributed by atoms with Crippen molar-refractivity contribution in [1.82, 2.24) is 19.9 Å². The first-order valence-corrected chi connectivity index (χ1v) is 7.37. The van der Waals surface area contributed by atoms with Crippen molar-refractivity contribution < 1.29 is 9.90 Å². The summed E-state index contributed by atoms with van der Waals surface area (Å²) in [4.78, 5) is 32.5. The van der Waals surface area contributed by atoms with Crippen LogP contribution in [-0.4, -0.2) is 44.1 Å². The molecule has 3 rings (SSSR count). The highest BCUT2D eigenvalue weighted by atomic mass is 16.3. The van der Waals surface area contributed by atoms with Gasteiger partial charge in [-0.1, -0.05) is 0 Å². The molecule has 3 heterocycles. The van der Waals surface area contributed by atoms with E-state index in [0.29, 0.717) is 17.3 Å². The summed E-state index contributed by atoms with van der Waals surface area (Å²) in [7, 11) is 0. The Hall–Kier alpha value is -2.12. The van der Waals surface area contributed by atoms with Crippen molar-refractivity contribution in [3.05, 3.63) is 35.1 Å². The maximum atomic E-state index is 12.3. The van der Waals surface area contributed by atoms with E-state index in [4.69, 9.17) is 0 Å². The lowest BCUT2D eigenvalue weighted by Gasteiger charge is -2.28. The van der Waals surface area contributed by atoms with Gasteiger partial charge < -0.3 is 10.4 Å². The molecule has 1 aliphatic rings. The molecule has 1 saturated heterocycles. The van der Waals surface area contributed by atoms with Gasteiger partial charge in [0.25, 0.3) is 5.56 Å². The van der Waals surface area contributed by atoms with Gasteiger partial charge in [-0.05, 0) is 25.5 Å². The molecular weight excluding hydrogens is 284 g/mol. The molecule has 0 aromatic carbocycles. The summed E-state index contributed by atoms with van der Waals surface area (Å²) in [5.41, 5.74) is 0.289. The van der Waals surface area contributed by atoms with Crippen molar-refractivity contribution in [3.8, 4) is 0 Å². The number of pyridine rings is 1. The average Bonchev–Trinajstić information content (AvgIpc) is 2.53. The van der Waals surface area contributed by atoms with Gasteiger partial charge >= 0.3 is 0 Å². The molecule has 0 aliphatic carbocycles. The van der Waals surface area contributed by atoms with Crippen molar-refractivity contribution in [2.24, 2.45) is 0 Å². The molecule has 2 aromatic heterocycles. The van der Waals surface area contributed by atoms with Crippen LogP contribution in [0.3, 0.4) is 0 Å². The Morgan fingerprint density at radius 2 is 2.36 bits per heavy atom. The number of aliphatic hydroxyl groups is 1. The van der Waals surface area contributed by atoms with Crippen molar-refractivity contribution in [1.29, 1.82) is 0 Å². The van der Waals surface area contributed by atoms with E-state index in [9.17, 15) is 14.7 Å². The molecule has 2 aromatic rings. The number of piperidine rings is 1. The summed E-state index contributed by atoms with van der Waals surface area (Å²) in [5.74, 6) is -0.106. The van der Waals surface area contributed by atoms with E-state index in [1.807, 2.05) is 0 Å². The minimum atomic E-state index is -0.506. The van der Waals surface area contributed by atoms with E-state index in [2.05, 4.69) is 15.3 Å². The molecule has 1 aliphatic heterocycles. The van der Waals surface area contributed by atoms with E-state index in [0.717, 1.165) is 13.0 Å². The molecule has 7 nitrogen and oxygen atoms in total. The molecule has 1 fully saturated rings. The van der Waals surface area contributed by atoms with Crippen molar-refractivity contribution in [3.63, 3.8) is 0 Å². The highest BCUT2D eigenvalue weighted by Gasteiger charge is 2.24. The van der Waals surface area contributed by atoms with Gasteiger partial charge in [0, 0.05) is 24.9 Å². The number of aliphatic hydroxyl groups excluding tert-OH is 1. The molecule has 0 saturated carbocycles. The minimum absolute atomic E-state index is 0.0401. The number of hydrogen-bond donors (Lipinski definition) is 2. The zero-order chi connectivity index (χ0) is 15.5. The number of carbonyl (C=O) groups is 1. The first-order chi connectivity index (χ1) is 10.6. The molecule has 0 unspecified atom stereocenters. The Kier molecular flexibility index (Phi) is 4.26. The Morgan fingerprint density at radius 3 is 3.18 bits per heavy atom. The van der Waals surface area contributed by atoms with E-state index in [1.54, 1.807) is 12.3 Å². The van der Waals surface area contributed by atoms with Gasteiger partial charge in [0.1, 0.15) is 0 Å². The number of rotatable bonds is 4. The highest BCUT2D eigenvalue weighted by molar-refractivity contribution is 5.80. The quantitative estimate of drug-likeness (QED) is 0.816. The summed E-state index contributed by atoms with van der Waals surface area (Å²) in [5, 5.41) is 13.4. The van der Waals surface area contributed by atoms with Gasteiger partial charge in [0.05, 0.1) is 29.9 Å². The number of carbonyl (C=O) groups excluding carboxylic acids is 1. The molecule has 0 spiro atoms. The van der Waals surface area contributed by atoms with E-state index >= 15 is 0 Å². The van der Waals surface area contributed by atoms with Crippen LogP contribution in [0.15, 0.2) is 29.6 Å². The van der Waals surface area contributed by atoms with Crippen molar-refractivity contribution in [2.75, 3.05) is 6.54 Å². The average molecular weight is 302 g/mol. The number of Topliss-reactive ketones (excluding diaryl/α,β-unsaturated/α-hetero) is 1. The molecule has 116 valence electrons. The van der Waals surface area contributed by atoms with Crippen molar-refractivity contribution >= 4 is 16.7 Å². The standard InChI is InChI=1S/C15H18N4O3/c20-10(6-13-14(21)2-1-4-17-13)8-19-9-18-12-3-5-16-7-11(12)15(19)22/h3,5,7,9,13-14,17,21H,1-2,4,6,8H2/t13-,14+/m1/s1. The molecule has 0 radical (unpaired) electrons. The lowest BCUT2D eigenvalue weighted by molar-refractivity contribution is -0.121. The van der Waals surface area contributed by atoms with Crippen LogP contribution < -0.4 is 10.9 Å². The zero-order valence-electron chi connectivity index (χ0n) is 12.1. The predicted octanol–water partition coefficient (Wildman–Crippen LogP) is -0.136. The smallest absolute Gasteiger partial charge is 0.263 e. The first kappa shape index (κ1) is 14.8. The number of hydrogen-bond acceptors (Lipinski definition) is 6. The summed E-state index contributed by atoms with van der Waals surface area (Å²) in [6.07, 6.45) is 5.72. The van der Waals surface area contributed by atoms with Gasteiger partial charge in [-0.25, -0.2) is 4.98 Å². The highest BCUT2D eigenvalue weighted by Crippen LogP contribution is 2.12. The topological polar surface area (TPSA) is 97.1 Å². The lowest BCUT2D eigenvalue weighted by atomic mass is 9.97. The number of nitrogens with one attached hydrogen (secondary N) is 1. The molecule has 0 bridgehead atoms. The molecule has 2 atom stereocenters. The number of fused-ring (bicyclic) bond motifs is 1. The van der Waals surface area contributed by atoms with E-state index < -0.39 is 6.10 Å². The summed E-state index contributed by atoms with van der Waals surface area (Å²) in [6.45, 7) is 0.764. The lowest BCUT2D eigenvalue weighted by Crippen LogP contribution is -2.46. The monoisotopic (exact) mass is 302 g/mol. The van der Waals surface area contributed by atoms with Crippen LogP contribution in [0.25, 0.3) is 10.9 Å². The molecular formula is C15H18N4O3. The number of nitrogens with zero attached hydrogens (tertiary/aromatic N) is 3. The predicted molar refractivity (Wildman–Crippen MR) is 80.5 cm³/mol. The second-order valence-corrected chi connectivity index (χ2v) is 5.58. The summed E-state index contributed by atoms with van der Waals surface area (Å²) >= 11 is 0. The zero-order valence-corrected chi connectivity index (χ0v) is 12.1. The molecule has 0 amide bonds. The van der Waals surface area contributed by atoms with Crippen LogP contribution in [0.4, 0.5) is 0 Å². The Morgan fingerprint density at radius 1 is 1.50 bits per heavy atom. The van der Waals surface area contributed by atoms with Gasteiger partial charge in [-0.3, -0.25) is 19.1 Å². The SMILES string of the molecule is O=C(C[C@H]1NCCC[C@@H]1O)Cn1cnc2ccncc2c1=O. The fraction of sp³-hybridized carbons (Fsp3) is 0.467. The second kappa shape index (κ2) is 6.33. The second-order valence-electron chi connectivity index (χ2n) is 5.58. The maximum absolute atomic E-state index is 12.3. The fourth-order valence-electron chi connectivity index (χ4n) is 2.76. The van der Waals surface area contributed by atoms with Gasteiger partial charge in [0.15, 0.2) is 5.78 Å². The molecule has 2 N–H and O–H groups in total. The van der Waals surface area contributed by atoms with Crippen molar-refractivity contribution in [2.45, 2.75) is 38.0 Å². The first-order valence-electron chi connectivity index (χ1n) is 7.37. The van der Waals surface area contributed by atoms with Crippen LogP contribution in [0.5, 0.6) is 0 Å². The Bertz CT molecular complexity index is 743. The summed E-state index contributed by atoms with van der Waals surface area (Å²) in [6, 6.07) is 1.43. The van der Waals surface area contributed by atoms with Gasteiger partial charge in [-0.15, -0.1) is 0 Å². The Balaban J connectivity index is 1.74. The molecule has 22 heavy (non-hydrogen) atoms. The number of aromatic nitrogens is 3. The molecule has 7 heteroatoms. The van der Waals surface area contributed by atoms with Crippen LogP contribution in [0.1, 0.15) is 19.3 Å². The third kappa shape index (κ3) is 3.05. The largest absolute Gasteiger partial charge is 0.391 e. The van der Waals surface area contributed by atoms with Crippen LogP contribution in [-0.2, 0) is 11.3 Å². The normalized spacial score (nSPS) is 21.9. The maximum Gasteiger partial charge on any atom is 0.263 e. The minimum Gasteiger partial charge on any atom is -0.391 e. The number of ketones is 1. The summed E-state index contributed by atoms with van der Waals surface area (Å²) < 4.78 is 1.29. The van der Waals surface area contributed by atoms with Crippen LogP contribution in [0.2, 0.25) is 0 Å².